The van der Waals surface area contributed by atoms with Crippen molar-refractivity contribution in [3.05, 3.63) is 60.2 Å². The fraction of sp³-hybridized carbons (Fsp3) is 0.250. The van der Waals surface area contributed by atoms with Crippen molar-refractivity contribution in [1.29, 1.82) is 0 Å². The highest BCUT2D eigenvalue weighted by molar-refractivity contribution is 6.07. The number of aromatic nitrogens is 2. The summed E-state index contributed by atoms with van der Waals surface area (Å²) in [6.07, 6.45) is 2.62. The molecule has 2 aromatic carbocycles. The lowest BCUT2D eigenvalue weighted by Crippen LogP contribution is -2.41. The van der Waals surface area contributed by atoms with Crippen LogP contribution in [0.1, 0.15) is 16.8 Å². The molecule has 7 heteroatoms. The molecule has 0 radical (unpaired) electrons. The number of carbonyl (C=O) groups is 1. The summed E-state index contributed by atoms with van der Waals surface area (Å²) in [7, 11) is 0. The summed E-state index contributed by atoms with van der Waals surface area (Å²) in [6.45, 7) is 3.65. The SMILES string of the molecule is NC(=O)c1cccc2c(N(CCN3CCC3)c3cccc(F)c3)ncnc12. The fourth-order valence-electron chi connectivity index (χ4n) is 3.34. The van der Waals surface area contributed by atoms with Gasteiger partial charge in [-0.25, -0.2) is 14.4 Å². The van der Waals surface area contributed by atoms with Crippen molar-refractivity contribution in [3.63, 3.8) is 0 Å². The lowest BCUT2D eigenvalue weighted by Gasteiger charge is -2.34. The van der Waals surface area contributed by atoms with Gasteiger partial charge in [0.05, 0.1) is 11.1 Å². The predicted molar refractivity (Wildman–Crippen MR) is 103 cm³/mol. The van der Waals surface area contributed by atoms with E-state index in [0.29, 0.717) is 34.5 Å². The molecule has 0 saturated carbocycles. The molecular formula is C20H20FN5O. The molecule has 6 nitrogen and oxygen atoms in total. The summed E-state index contributed by atoms with van der Waals surface area (Å²) >= 11 is 0. The maximum Gasteiger partial charge on any atom is 0.250 e. The highest BCUT2D eigenvalue weighted by atomic mass is 19.1. The van der Waals surface area contributed by atoms with Gasteiger partial charge in [-0.2, -0.15) is 0 Å². The number of hydrogen-bond donors (Lipinski definition) is 1. The van der Waals surface area contributed by atoms with E-state index < -0.39 is 5.91 Å². The number of primary amides is 1. The van der Waals surface area contributed by atoms with Crippen molar-refractivity contribution in [2.75, 3.05) is 31.1 Å². The van der Waals surface area contributed by atoms with E-state index in [1.54, 1.807) is 18.2 Å². The molecule has 27 heavy (non-hydrogen) atoms. The van der Waals surface area contributed by atoms with E-state index in [0.717, 1.165) is 19.6 Å². The molecule has 0 atom stereocenters. The van der Waals surface area contributed by atoms with E-state index in [4.69, 9.17) is 5.73 Å². The number of hydrogen-bond acceptors (Lipinski definition) is 5. The number of amides is 1. The predicted octanol–water partition coefficient (Wildman–Crippen LogP) is 2.71. The molecular weight excluding hydrogens is 345 g/mol. The van der Waals surface area contributed by atoms with E-state index >= 15 is 0 Å². The number of para-hydroxylation sites is 1. The number of fused-ring (bicyclic) bond motifs is 1. The Bertz CT molecular complexity index is 989. The summed E-state index contributed by atoms with van der Waals surface area (Å²) in [5.41, 5.74) is 7.05. The van der Waals surface area contributed by atoms with Crippen LogP contribution < -0.4 is 10.6 Å². The Morgan fingerprint density at radius 2 is 2.00 bits per heavy atom. The zero-order chi connectivity index (χ0) is 18.8. The summed E-state index contributed by atoms with van der Waals surface area (Å²) in [5, 5.41) is 0.710. The minimum absolute atomic E-state index is 0.308. The van der Waals surface area contributed by atoms with Crippen molar-refractivity contribution in [2.24, 2.45) is 5.73 Å². The van der Waals surface area contributed by atoms with Gasteiger partial charge in [0, 0.05) is 24.2 Å². The minimum Gasteiger partial charge on any atom is -0.366 e. The van der Waals surface area contributed by atoms with Crippen LogP contribution in [0, 0.1) is 5.82 Å². The molecule has 1 saturated heterocycles. The quantitative estimate of drug-likeness (QED) is 0.727. The van der Waals surface area contributed by atoms with E-state index in [1.807, 2.05) is 17.0 Å². The lowest BCUT2D eigenvalue weighted by molar-refractivity contribution is 0.100. The van der Waals surface area contributed by atoms with Gasteiger partial charge in [-0.05, 0) is 49.8 Å². The molecule has 2 heterocycles. The monoisotopic (exact) mass is 365 g/mol. The molecule has 2 N–H and O–H groups in total. The lowest BCUT2D eigenvalue weighted by atomic mass is 10.1. The van der Waals surface area contributed by atoms with E-state index in [-0.39, 0.29) is 5.82 Å². The van der Waals surface area contributed by atoms with Crippen molar-refractivity contribution >= 4 is 28.3 Å². The van der Waals surface area contributed by atoms with Gasteiger partial charge in [-0.15, -0.1) is 0 Å². The number of benzene rings is 2. The zero-order valence-electron chi connectivity index (χ0n) is 14.8. The van der Waals surface area contributed by atoms with E-state index in [9.17, 15) is 9.18 Å². The summed E-state index contributed by atoms with van der Waals surface area (Å²) in [4.78, 5) is 24.8. The van der Waals surface area contributed by atoms with Gasteiger partial charge in [0.15, 0.2) is 0 Å². The van der Waals surface area contributed by atoms with Crippen LogP contribution in [0.5, 0.6) is 0 Å². The van der Waals surface area contributed by atoms with Crippen LogP contribution in [0.25, 0.3) is 10.9 Å². The molecule has 138 valence electrons. The first-order valence-electron chi connectivity index (χ1n) is 8.92. The van der Waals surface area contributed by atoms with Gasteiger partial charge < -0.3 is 15.5 Å². The molecule has 4 rings (SSSR count). The Morgan fingerprint density at radius 3 is 2.70 bits per heavy atom. The molecule has 1 aliphatic rings. The third kappa shape index (κ3) is 3.46. The molecule has 0 spiro atoms. The van der Waals surface area contributed by atoms with Gasteiger partial charge in [0.2, 0.25) is 0 Å². The Labute approximate surface area is 156 Å². The van der Waals surface area contributed by atoms with Crippen LogP contribution >= 0.6 is 0 Å². The first-order valence-corrected chi connectivity index (χ1v) is 8.92. The summed E-state index contributed by atoms with van der Waals surface area (Å²) in [5.74, 6) is -0.213. The number of nitrogens with zero attached hydrogens (tertiary/aromatic N) is 4. The second-order valence-electron chi connectivity index (χ2n) is 6.59. The number of likely N-dealkylation sites (tertiary alicyclic amines) is 1. The Hall–Kier alpha value is -3.06. The third-order valence-corrected chi connectivity index (χ3v) is 4.87. The van der Waals surface area contributed by atoms with Crippen molar-refractivity contribution < 1.29 is 9.18 Å². The van der Waals surface area contributed by atoms with Gasteiger partial charge >= 0.3 is 0 Å². The molecule has 1 aromatic heterocycles. The van der Waals surface area contributed by atoms with Crippen LogP contribution in [-0.2, 0) is 0 Å². The molecule has 1 amide bonds. The number of halogens is 1. The topological polar surface area (TPSA) is 75.4 Å². The van der Waals surface area contributed by atoms with Crippen LogP contribution in [0.3, 0.4) is 0 Å². The van der Waals surface area contributed by atoms with E-state index in [1.165, 1.54) is 24.9 Å². The highest BCUT2D eigenvalue weighted by Gasteiger charge is 2.20. The Morgan fingerprint density at radius 1 is 1.19 bits per heavy atom. The molecule has 3 aromatic rings. The van der Waals surface area contributed by atoms with Crippen LogP contribution in [0.2, 0.25) is 0 Å². The first-order chi connectivity index (χ1) is 13.1. The number of carbonyl (C=O) groups excluding carboxylic acids is 1. The average Bonchev–Trinajstić information content (AvgIpc) is 2.63. The molecule has 0 bridgehead atoms. The van der Waals surface area contributed by atoms with Crippen molar-refractivity contribution in [3.8, 4) is 0 Å². The van der Waals surface area contributed by atoms with Crippen LogP contribution in [-0.4, -0.2) is 47.0 Å². The van der Waals surface area contributed by atoms with Gasteiger partial charge in [-0.3, -0.25) is 4.79 Å². The summed E-state index contributed by atoms with van der Waals surface area (Å²) in [6, 6.07) is 11.7. The zero-order valence-corrected chi connectivity index (χ0v) is 14.8. The third-order valence-electron chi connectivity index (χ3n) is 4.87. The number of nitrogens with two attached hydrogens (primary N) is 1. The van der Waals surface area contributed by atoms with Gasteiger partial charge in [0.1, 0.15) is 18.0 Å². The van der Waals surface area contributed by atoms with Gasteiger partial charge in [-0.1, -0.05) is 12.1 Å². The maximum absolute atomic E-state index is 13.9. The second-order valence-corrected chi connectivity index (χ2v) is 6.59. The molecule has 1 fully saturated rings. The van der Waals surface area contributed by atoms with Crippen LogP contribution in [0.15, 0.2) is 48.8 Å². The van der Waals surface area contributed by atoms with E-state index in [2.05, 4.69) is 14.9 Å². The Balaban J connectivity index is 1.81. The van der Waals surface area contributed by atoms with Crippen LogP contribution in [0.4, 0.5) is 15.9 Å². The molecule has 0 unspecified atom stereocenters. The first kappa shape index (κ1) is 17.4. The minimum atomic E-state index is -0.539. The number of anilines is 2. The smallest absolute Gasteiger partial charge is 0.250 e. The van der Waals surface area contributed by atoms with Gasteiger partial charge in [0.25, 0.3) is 5.91 Å². The second kappa shape index (κ2) is 7.28. The average molecular weight is 365 g/mol. The number of rotatable bonds is 6. The normalized spacial score (nSPS) is 14.1. The van der Waals surface area contributed by atoms with Crippen molar-refractivity contribution in [1.82, 2.24) is 14.9 Å². The standard InChI is InChI=1S/C20H20FN5O/c21-14-4-1-5-15(12-14)26(11-10-25-8-3-9-25)20-17-7-2-6-16(19(22)27)18(17)23-13-24-20/h1-2,4-7,12-13H,3,8-11H2,(H2,22,27). The fourth-order valence-corrected chi connectivity index (χ4v) is 3.34. The largest absolute Gasteiger partial charge is 0.366 e. The summed E-state index contributed by atoms with van der Waals surface area (Å²) < 4.78 is 13.9. The highest BCUT2D eigenvalue weighted by Crippen LogP contribution is 2.31. The Kier molecular flexibility index (Phi) is 4.68. The molecule has 0 aliphatic carbocycles. The molecule has 1 aliphatic heterocycles. The maximum atomic E-state index is 13.9. The van der Waals surface area contributed by atoms with Crippen molar-refractivity contribution in [2.45, 2.75) is 6.42 Å².